The number of rotatable bonds is 6. The zero-order valence-corrected chi connectivity index (χ0v) is 14.8. The van der Waals surface area contributed by atoms with Gasteiger partial charge in [-0.05, 0) is 17.7 Å². The Labute approximate surface area is 147 Å². The molecule has 0 aliphatic heterocycles. The molecule has 2 aromatic rings. The fourth-order valence-electron chi connectivity index (χ4n) is 1.66. The number of hydrogen-bond acceptors (Lipinski definition) is 3. The molecule has 3 nitrogen and oxygen atoms in total. The van der Waals surface area contributed by atoms with E-state index in [-0.39, 0.29) is 5.91 Å². The number of nitrogens with zero attached hydrogens (tertiary/aromatic N) is 1. The summed E-state index contributed by atoms with van der Waals surface area (Å²) < 4.78 is 0.932. The van der Waals surface area contributed by atoms with E-state index in [0.717, 1.165) is 20.6 Å². The number of carbonyl (C=O) groups excluding carboxylic acids is 1. The zero-order valence-electron chi connectivity index (χ0n) is 11.6. The van der Waals surface area contributed by atoms with Crippen LogP contribution in [0.2, 0.25) is 5.02 Å². The molecule has 0 aliphatic carbocycles. The van der Waals surface area contributed by atoms with Gasteiger partial charge in [-0.15, -0.1) is 11.8 Å². The first-order chi connectivity index (χ1) is 10.7. The van der Waals surface area contributed by atoms with E-state index >= 15 is 0 Å². The predicted molar refractivity (Wildman–Crippen MR) is 97.5 cm³/mol. The molecule has 0 radical (unpaired) electrons. The average Bonchev–Trinajstić information content (AvgIpc) is 2.51. The lowest BCUT2D eigenvalue weighted by molar-refractivity contribution is -0.118. The molecule has 0 fully saturated rings. The van der Waals surface area contributed by atoms with Gasteiger partial charge in [0, 0.05) is 20.8 Å². The highest BCUT2D eigenvalue weighted by atomic mass is 79.9. The van der Waals surface area contributed by atoms with E-state index in [1.165, 1.54) is 11.8 Å². The molecule has 0 unspecified atom stereocenters. The van der Waals surface area contributed by atoms with Crippen LogP contribution in [-0.2, 0) is 10.5 Å². The Kier molecular flexibility index (Phi) is 6.96. The lowest BCUT2D eigenvalue weighted by Crippen LogP contribution is -2.19. The van der Waals surface area contributed by atoms with Gasteiger partial charge in [0.15, 0.2) is 0 Å². The standard InChI is InChI=1S/C16H14BrClN2OS/c17-14-7-3-1-5-12(14)9-19-20-16(21)11-22-10-13-6-2-4-8-15(13)18/h1-9H,10-11H2,(H,20,21)/b19-9-. The maximum Gasteiger partial charge on any atom is 0.250 e. The summed E-state index contributed by atoms with van der Waals surface area (Å²) in [5, 5.41) is 4.68. The van der Waals surface area contributed by atoms with E-state index in [9.17, 15) is 4.79 Å². The molecule has 0 saturated carbocycles. The van der Waals surface area contributed by atoms with Gasteiger partial charge >= 0.3 is 0 Å². The van der Waals surface area contributed by atoms with Crippen LogP contribution >= 0.6 is 39.3 Å². The van der Waals surface area contributed by atoms with Crippen molar-refractivity contribution in [3.8, 4) is 0 Å². The minimum absolute atomic E-state index is 0.139. The van der Waals surface area contributed by atoms with Crippen LogP contribution in [0.3, 0.4) is 0 Å². The van der Waals surface area contributed by atoms with Crippen LogP contribution in [0, 0.1) is 0 Å². The summed E-state index contributed by atoms with van der Waals surface area (Å²) in [4.78, 5) is 11.7. The monoisotopic (exact) mass is 396 g/mol. The molecule has 1 amide bonds. The Morgan fingerprint density at radius 1 is 1.23 bits per heavy atom. The van der Waals surface area contributed by atoms with Gasteiger partial charge in [-0.25, -0.2) is 5.43 Å². The van der Waals surface area contributed by atoms with Gasteiger partial charge in [0.1, 0.15) is 0 Å². The number of carbonyl (C=O) groups is 1. The van der Waals surface area contributed by atoms with Crippen LogP contribution in [0.25, 0.3) is 0 Å². The summed E-state index contributed by atoms with van der Waals surface area (Å²) in [6, 6.07) is 15.3. The summed E-state index contributed by atoms with van der Waals surface area (Å²) in [7, 11) is 0. The molecule has 0 saturated heterocycles. The molecular weight excluding hydrogens is 384 g/mol. The second-order valence-electron chi connectivity index (χ2n) is 4.40. The van der Waals surface area contributed by atoms with Crippen LogP contribution in [-0.4, -0.2) is 17.9 Å². The van der Waals surface area contributed by atoms with Crippen LogP contribution in [0.5, 0.6) is 0 Å². The van der Waals surface area contributed by atoms with Crippen molar-refractivity contribution in [2.24, 2.45) is 5.10 Å². The first-order valence-corrected chi connectivity index (χ1v) is 8.87. The molecule has 0 aromatic heterocycles. The highest BCUT2D eigenvalue weighted by Crippen LogP contribution is 2.20. The normalized spacial score (nSPS) is 10.8. The third kappa shape index (κ3) is 5.48. The van der Waals surface area contributed by atoms with E-state index < -0.39 is 0 Å². The molecule has 1 N–H and O–H groups in total. The van der Waals surface area contributed by atoms with Gasteiger partial charge in [0.2, 0.25) is 5.91 Å². The van der Waals surface area contributed by atoms with Crippen LogP contribution in [0.4, 0.5) is 0 Å². The molecule has 0 bridgehead atoms. The van der Waals surface area contributed by atoms with Gasteiger partial charge in [0.05, 0.1) is 12.0 Å². The summed E-state index contributed by atoms with van der Waals surface area (Å²) in [6.45, 7) is 0. The topological polar surface area (TPSA) is 41.5 Å². The molecule has 114 valence electrons. The molecule has 0 aliphatic rings. The number of thioether (sulfide) groups is 1. The molecule has 22 heavy (non-hydrogen) atoms. The third-order valence-corrected chi connectivity index (χ3v) is 4.82. The van der Waals surface area contributed by atoms with E-state index in [4.69, 9.17) is 11.6 Å². The van der Waals surface area contributed by atoms with E-state index in [1.807, 2.05) is 48.5 Å². The van der Waals surface area contributed by atoms with Crippen LogP contribution in [0.1, 0.15) is 11.1 Å². The van der Waals surface area contributed by atoms with Gasteiger partial charge in [-0.1, -0.05) is 63.9 Å². The number of benzene rings is 2. The van der Waals surface area contributed by atoms with Crippen LogP contribution in [0.15, 0.2) is 58.1 Å². The quantitative estimate of drug-likeness (QED) is 0.576. The molecule has 2 rings (SSSR count). The fourth-order valence-corrected chi connectivity index (χ4v) is 3.15. The van der Waals surface area contributed by atoms with Crippen molar-refractivity contribution >= 4 is 51.4 Å². The maximum atomic E-state index is 11.7. The Bertz CT molecular complexity index is 679. The number of hydrogen-bond donors (Lipinski definition) is 1. The Morgan fingerprint density at radius 2 is 1.95 bits per heavy atom. The lowest BCUT2D eigenvalue weighted by atomic mass is 10.2. The fraction of sp³-hybridized carbons (Fsp3) is 0.125. The van der Waals surface area contributed by atoms with E-state index in [2.05, 4.69) is 26.5 Å². The minimum atomic E-state index is -0.139. The summed E-state index contributed by atoms with van der Waals surface area (Å²) >= 11 is 11.0. The van der Waals surface area contributed by atoms with Crippen molar-refractivity contribution in [2.45, 2.75) is 5.75 Å². The van der Waals surface area contributed by atoms with Crippen molar-refractivity contribution in [1.82, 2.24) is 5.43 Å². The summed E-state index contributed by atoms with van der Waals surface area (Å²) in [5.74, 6) is 0.889. The molecule has 2 aromatic carbocycles. The highest BCUT2D eigenvalue weighted by Gasteiger charge is 2.03. The summed E-state index contributed by atoms with van der Waals surface area (Å²) in [6.07, 6.45) is 1.61. The maximum absolute atomic E-state index is 11.7. The number of nitrogens with one attached hydrogen (secondary N) is 1. The largest absolute Gasteiger partial charge is 0.272 e. The van der Waals surface area contributed by atoms with Gasteiger partial charge < -0.3 is 0 Å². The van der Waals surface area contributed by atoms with Gasteiger partial charge in [-0.3, -0.25) is 4.79 Å². The first-order valence-electron chi connectivity index (χ1n) is 6.54. The van der Waals surface area contributed by atoms with Crippen molar-refractivity contribution in [2.75, 3.05) is 5.75 Å². The Balaban J connectivity index is 1.75. The molecule has 0 spiro atoms. The highest BCUT2D eigenvalue weighted by molar-refractivity contribution is 9.10. The number of hydrazone groups is 1. The smallest absolute Gasteiger partial charge is 0.250 e. The first kappa shape index (κ1) is 17.1. The second kappa shape index (κ2) is 8.98. The minimum Gasteiger partial charge on any atom is -0.272 e. The van der Waals surface area contributed by atoms with E-state index in [0.29, 0.717) is 11.5 Å². The van der Waals surface area contributed by atoms with Gasteiger partial charge in [0.25, 0.3) is 0 Å². The number of amides is 1. The predicted octanol–water partition coefficient (Wildman–Crippen LogP) is 4.49. The molecule has 6 heteroatoms. The zero-order chi connectivity index (χ0) is 15.8. The Hall–Kier alpha value is -1.30. The SMILES string of the molecule is O=C(CSCc1ccccc1Cl)N/N=C\c1ccccc1Br. The van der Waals surface area contributed by atoms with Gasteiger partial charge in [-0.2, -0.15) is 5.10 Å². The molecule has 0 atom stereocenters. The third-order valence-electron chi connectivity index (χ3n) is 2.75. The summed E-state index contributed by atoms with van der Waals surface area (Å²) in [5.41, 5.74) is 4.45. The van der Waals surface area contributed by atoms with E-state index in [1.54, 1.807) is 6.21 Å². The van der Waals surface area contributed by atoms with Crippen molar-refractivity contribution < 1.29 is 4.79 Å². The second-order valence-corrected chi connectivity index (χ2v) is 6.65. The van der Waals surface area contributed by atoms with Crippen molar-refractivity contribution in [3.63, 3.8) is 0 Å². The average molecular weight is 398 g/mol. The lowest BCUT2D eigenvalue weighted by Gasteiger charge is -2.03. The Morgan fingerprint density at radius 3 is 2.73 bits per heavy atom. The number of halogens is 2. The van der Waals surface area contributed by atoms with Crippen LogP contribution < -0.4 is 5.43 Å². The molecular formula is C16H14BrClN2OS. The van der Waals surface area contributed by atoms with Crippen molar-refractivity contribution in [1.29, 1.82) is 0 Å². The van der Waals surface area contributed by atoms with Crippen molar-refractivity contribution in [3.05, 3.63) is 69.2 Å². The molecule has 0 heterocycles.